The minimum absolute atomic E-state index is 0.0407. The molecule has 1 saturated heterocycles. The van der Waals surface area contributed by atoms with Crippen LogP contribution in [0.3, 0.4) is 0 Å². The van der Waals surface area contributed by atoms with Gasteiger partial charge in [-0.25, -0.2) is 17.7 Å². The summed E-state index contributed by atoms with van der Waals surface area (Å²) in [6, 6.07) is 3.68. The highest BCUT2D eigenvalue weighted by atomic mass is 32.2. The molecule has 0 saturated carbocycles. The number of pyridine rings is 1. The number of sulfonamides is 1. The average Bonchev–Trinajstić information content (AvgIpc) is 2.59. The van der Waals surface area contributed by atoms with Crippen molar-refractivity contribution in [3.05, 3.63) is 23.4 Å². The van der Waals surface area contributed by atoms with Crippen LogP contribution >= 0.6 is 0 Å². The molecule has 1 N–H and O–H groups in total. The lowest BCUT2D eigenvalue weighted by Crippen LogP contribution is -2.40. The summed E-state index contributed by atoms with van der Waals surface area (Å²) in [5.41, 5.74) is -1.02. The van der Waals surface area contributed by atoms with Gasteiger partial charge in [-0.15, -0.1) is 0 Å². The Morgan fingerprint density at radius 2 is 2.00 bits per heavy atom. The van der Waals surface area contributed by atoms with Crippen molar-refractivity contribution in [3.63, 3.8) is 0 Å². The molecule has 6 nitrogen and oxygen atoms in total. The number of hydrogen-bond acceptors (Lipinski definition) is 5. The van der Waals surface area contributed by atoms with Gasteiger partial charge in [-0.1, -0.05) is 0 Å². The standard InChI is InChI=1S/C15H19F3N4O2S/c1-2-25(23,24)22-7-5-11(6-8-22)10-20-14-12(9-19)3-4-13(21-14)15(16,17)18/h3-4,11H,2,5-8,10H2,1H3,(H,20,21). The number of piperidine rings is 1. The highest BCUT2D eigenvalue weighted by Gasteiger charge is 2.33. The number of aromatic nitrogens is 1. The van der Waals surface area contributed by atoms with E-state index < -0.39 is 21.9 Å². The zero-order chi connectivity index (χ0) is 18.7. The lowest BCUT2D eigenvalue weighted by molar-refractivity contribution is -0.141. The van der Waals surface area contributed by atoms with Crippen molar-refractivity contribution in [2.24, 2.45) is 5.92 Å². The van der Waals surface area contributed by atoms with Gasteiger partial charge < -0.3 is 5.32 Å². The van der Waals surface area contributed by atoms with Crippen LogP contribution in [0.4, 0.5) is 19.0 Å². The third-order valence-corrected chi connectivity index (χ3v) is 6.08. The lowest BCUT2D eigenvalue weighted by atomic mass is 9.98. The molecule has 0 atom stereocenters. The first-order chi connectivity index (χ1) is 11.7. The Bertz CT molecular complexity index is 751. The molecule has 1 aliphatic rings. The van der Waals surface area contributed by atoms with Gasteiger partial charge in [0.15, 0.2) is 0 Å². The van der Waals surface area contributed by atoms with Crippen molar-refractivity contribution in [3.8, 4) is 6.07 Å². The normalized spacial score (nSPS) is 17.2. The Hall–Kier alpha value is -1.86. The van der Waals surface area contributed by atoms with E-state index in [9.17, 15) is 21.6 Å². The highest BCUT2D eigenvalue weighted by Crippen LogP contribution is 2.29. The molecule has 10 heteroatoms. The molecule has 0 aromatic carbocycles. The number of anilines is 1. The van der Waals surface area contributed by atoms with Crippen LogP contribution in [0.1, 0.15) is 31.0 Å². The van der Waals surface area contributed by atoms with Crippen LogP contribution in [-0.4, -0.2) is 43.1 Å². The van der Waals surface area contributed by atoms with E-state index in [-0.39, 0.29) is 23.1 Å². The Morgan fingerprint density at radius 3 is 2.52 bits per heavy atom. The second-order valence-corrected chi connectivity index (χ2v) is 8.08. The van der Waals surface area contributed by atoms with E-state index in [1.165, 1.54) is 4.31 Å². The Kier molecular flexibility index (Phi) is 5.90. The highest BCUT2D eigenvalue weighted by molar-refractivity contribution is 7.89. The van der Waals surface area contributed by atoms with Crippen molar-refractivity contribution >= 4 is 15.8 Å². The van der Waals surface area contributed by atoms with E-state index in [1.54, 1.807) is 6.92 Å². The van der Waals surface area contributed by atoms with Gasteiger partial charge in [-0.05, 0) is 37.8 Å². The fourth-order valence-corrected chi connectivity index (χ4v) is 3.79. The number of hydrogen-bond donors (Lipinski definition) is 1. The molecule has 0 aliphatic carbocycles. The summed E-state index contributed by atoms with van der Waals surface area (Å²) in [5.74, 6) is 0.0578. The van der Waals surface area contributed by atoms with Crippen LogP contribution < -0.4 is 5.32 Å². The van der Waals surface area contributed by atoms with Crippen LogP contribution in [0.5, 0.6) is 0 Å². The molecule has 0 spiro atoms. The summed E-state index contributed by atoms with van der Waals surface area (Å²) in [5, 5.41) is 11.8. The van der Waals surface area contributed by atoms with Crippen molar-refractivity contribution in [1.29, 1.82) is 5.26 Å². The SMILES string of the molecule is CCS(=O)(=O)N1CCC(CNc2nc(C(F)(F)F)ccc2C#N)CC1. The number of nitrogens with zero attached hydrogens (tertiary/aromatic N) is 3. The summed E-state index contributed by atoms with van der Waals surface area (Å²) in [4.78, 5) is 3.50. The topological polar surface area (TPSA) is 86.1 Å². The molecule has 1 aliphatic heterocycles. The quantitative estimate of drug-likeness (QED) is 0.853. The summed E-state index contributed by atoms with van der Waals surface area (Å²) in [6.45, 7) is 2.71. The maximum Gasteiger partial charge on any atom is 0.433 e. The number of nitriles is 1. The monoisotopic (exact) mass is 376 g/mol. The maximum absolute atomic E-state index is 12.8. The van der Waals surface area contributed by atoms with Crippen molar-refractivity contribution in [2.45, 2.75) is 25.9 Å². The van der Waals surface area contributed by atoms with Crippen LogP contribution in [0.25, 0.3) is 0 Å². The van der Waals surface area contributed by atoms with E-state index in [1.807, 2.05) is 6.07 Å². The zero-order valence-electron chi connectivity index (χ0n) is 13.7. The molecular weight excluding hydrogens is 357 g/mol. The Balaban J connectivity index is 2.00. The van der Waals surface area contributed by atoms with Gasteiger partial charge in [0, 0.05) is 19.6 Å². The van der Waals surface area contributed by atoms with Gasteiger partial charge in [0.05, 0.1) is 11.3 Å². The average molecular weight is 376 g/mol. The Morgan fingerprint density at radius 1 is 1.36 bits per heavy atom. The molecule has 0 bridgehead atoms. The maximum atomic E-state index is 12.8. The minimum Gasteiger partial charge on any atom is -0.369 e. The predicted octanol–water partition coefficient (Wildman–Crippen LogP) is 2.45. The van der Waals surface area contributed by atoms with Crippen LogP contribution in [0.15, 0.2) is 12.1 Å². The first-order valence-corrected chi connectivity index (χ1v) is 9.48. The molecule has 1 aromatic rings. The molecule has 2 heterocycles. The van der Waals surface area contributed by atoms with Crippen molar-refractivity contribution in [2.75, 3.05) is 30.7 Å². The van der Waals surface area contributed by atoms with Crippen LogP contribution in [0, 0.1) is 17.2 Å². The third kappa shape index (κ3) is 4.83. The fourth-order valence-electron chi connectivity index (χ4n) is 2.66. The van der Waals surface area contributed by atoms with Gasteiger partial charge in [0.1, 0.15) is 17.6 Å². The predicted molar refractivity (Wildman–Crippen MR) is 86.2 cm³/mol. The van der Waals surface area contributed by atoms with Gasteiger partial charge >= 0.3 is 6.18 Å². The van der Waals surface area contributed by atoms with Crippen molar-refractivity contribution in [1.82, 2.24) is 9.29 Å². The summed E-state index contributed by atoms with van der Waals surface area (Å²) < 4.78 is 63.3. The van der Waals surface area contributed by atoms with E-state index in [4.69, 9.17) is 5.26 Å². The fraction of sp³-hybridized carbons (Fsp3) is 0.600. The number of halogens is 3. The minimum atomic E-state index is -4.58. The number of rotatable bonds is 5. The lowest BCUT2D eigenvalue weighted by Gasteiger charge is -2.31. The van der Waals surface area contributed by atoms with Gasteiger partial charge in [0.25, 0.3) is 0 Å². The summed E-state index contributed by atoms with van der Waals surface area (Å²) >= 11 is 0. The Labute approximate surface area is 144 Å². The number of nitrogens with one attached hydrogen (secondary N) is 1. The molecular formula is C15H19F3N4O2S. The second kappa shape index (κ2) is 7.58. The van der Waals surface area contributed by atoms with E-state index in [0.29, 0.717) is 32.5 Å². The van der Waals surface area contributed by atoms with Gasteiger partial charge in [-0.2, -0.15) is 18.4 Å². The van der Waals surface area contributed by atoms with E-state index in [0.717, 1.165) is 12.1 Å². The van der Waals surface area contributed by atoms with Gasteiger partial charge in [0.2, 0.25) is 10.0 Å². The zero-order valence-corrected chi connectivity index (χ0v) is 14.5. The molecule has 0 amide bonds. The van der Waals surface area contributed by atoms with Crippen LogP contribution in [-0.2, 0) is 16.2 Å². The van der Waals surface area contributed by atoms with E-state index in [2.05, 4.69) is 10.3 Å². The molecule has 1 fully saturated rings. The van der Waals surface area contributed by atoms with Crippen LogP contribution in [0.2, 0.25) is 0 Å². The first kappa shape index (κ1) is 19.5. The van der Waals surface area contributed by atoms with E-state index >= 15 is 0 Å². The smallest absolute Gasteiger partial charge is 0.369 e. The van der Waals surface area contributed by atoms with Gasteiger partial charge in [-0.3, -0.25) is 0 Å². The molecule has 2 rings (SSSR count). The second-order valence-electron chi connectivity index (χ2n) is 5.83. The summed E-state index contributed by atoms with van der Waals surface area (Å²) in [6.07, 6.45) is -3.37. The number of alkyl halides is 3. The summed E-state index contributed by atoms with van der Waals surface area (Å²) in [7, 11) is -3.21. The molecule has 0 radical (unpaired) electrons. The van der Waals surface area contributed by atoms with Crippen molar-refractivity contribution < 1.29 is 21.6 Å². The molecule has 25 heavy (non-hydrogen) atoms. The largest absolute Gasteiger partial charge is 0.433 e. The molecule has 138 valence electrons. The first-order valence-electron chi connectivity index (χ1n) is 7.87. The molecule has 1 aromatic heterocycles. The third-order valence-electron chi connectivity index (χ3n) is 4.20. The molecule has 0 unspecified atom stereocenters.